The Morgan fingerprint density at radius 3 is 2.96 bits per heavy atom. The third-order valence-electron chi connectivity index (χ3n) is 5.10. The summed E-state index contributed by atoms with van der Waals surface area (Å²) in [6, 6.07) is 8.59. The molecule has 1 aromatic heterocycles. The number of tetrazole rings is 1. The van der Waals surface area contributed by atoms with E-state index in [1.54, 1.807) is 0 Å². The monoisotopic (exact) mass is 343 g/mol. The fourth-order valence-electron chi connectivity index (χ4n) is 3.52. The van der Waals surface area contributed by atoms with Crippen molar-refractivity contribution in [3.05, 3.63) is 35.7 Å². The van der Waals surface area contributed by atoms with E-state index in [4.69, 9.17) is 9.47 Å². The Labute approximate surface area is 147 Å². The Morgan fingerprint density at radius 2 is 2.04 bits per heavy atom. The second-order valence-electron chi connectivity index (χ2n) is 6.87. The molecule has 1 fully saturated rings. The number of aromatic nitrogens is 4. The third-order valence-corrected chi connectivity index (χ3v) is 5.10. The number of fused-ring (bicyclic) bond motifs is 1. The molecular formula is C18H25N5O2. The van der Waals surface area contributed by atoms with Gasteiger partial charge >= 0.3 is 0 Å². The van der Waals surface area contributed by atoms with Crippen LogP contribution in [0.4, 0.5) is 0 Å². The summed E-state index contributed by atoms with van der Waals surface area (Å²) in [5.41, 5.74) is 1.29. The minimum absolute atomic E-state index is 0.306. The summed E-state index contributed by atoms with van der Waals surface area (Å²) >= 11 is 0. The first-order valence-electron chi connectivity index (χ1n) is 9.15. The molecule has 0 bridgehead atoms. The lowest BCUT2D eigenvalue weighted by Crippen LogP contribution is -2.35. The molecule has 1 N–H and O–H groups in total. The number of hydrogen-bond donors (Lipinski definition) is 1. The van der Waals surface area contributed by atoms with Crippen LogP contribution in [0.25, 0.3) is 0 Å². The zero-order valence-corrected chi connectivity index (χ0v) is 14.4. The van der Waals surface area contributed by atoms with Gasteiger partial charge in [-0.25, -0.2) is 4.68 Å². The highest BCUT2D eigenvalue weighted by Gasteiger charge is 2.19. The van der Waals surface area contributed by atoms with Crippen LogP contribution < -0.4 is 10.1 Å². The first-order valence-corrected chi connectivity index (χ1v) is 9.15. The lowest BCUT2D eigenvalue weighted by Gasteiger charge is -2.22. The highest BCUT2D eigenvalue weighted by Crippen LogP contribution is 2.23. The van der Waals surface area contributed by atoms with E-state index >= 15 is 0 Å². The molecular weight excluding hydrogens is 318 g/mol. The zero-order valence-electron chi connectivity index (χ0n) is 14.4. The SMILES string of the molecule is c1ccc2c(c1)CCC(NCc1nnnn1CC1CCOCC1)CO2. The van der Waals surface area contributed by atoms with Crippen LogP contribution in [0.3, 0.4) is 0 Å². The third kappa shape index (κ3) is 4.16. The molecule has 0 amide bonds. The molecule has 1 unspecified atom stereocenters. The summed E-state index contributed by atoms with van der Waals surface area (Å²) in [4.78, 5) is 0. The Kier molecular flexibility index (Phi) is 5.22. The van der Waals surface area contributed by atoms with Gasteiger partial charge in [0.25, 0.3) is 0 Å². The van der Waals surface area contributed by atoms with Gasteiger partial charge in [-0.3, -0.25) is 0 Å². The van der Waals surface area contributed by atoms with Crippen LogP contribution in [0.15, 0.2) is 24.3 Å². The van der Waals surface area contributed by atoms with Crippen LogP contribution in [0.2, 0.25) is 0 Å². The molecule has 25 heavy (non-hydrogen) atoms. The van der Waals surface area contributed by atoms with E-state index in [2.05, 4.69) is 33.0 Å². The fraction of sp³-hybridized carbons (Fsp3) is 0.611. The quantitative estimate of drug-likeness (QED) is 0.889. The number of aryl methyl sites for hydroxylation is 1. The molecule has 4 rings (SSSR count). The summed E-state index contributed by atoms with van der Waals surface area (Å²) in [5, 5.41) is 15.8. The Balaban J connectivity index is 1.31. The molecule has 134 valence electrons. The predicted molar refractivity (Wildman–Crippen MR) is 92.2 cm³/mol. The normalized spacial score (nSPS) is 21.4. The fourth-order valence-corrected chi connectivity index (χ4v) is 3.52. The molecule has 7 nitrogen and oxygen atoms in total. The van der Waals surface area contributed by atoms with Crippen molar-refractivity contribution >= 4 is 0 Å². The van der Waals surface area contributed by atoms with Gasteiger partial charge in [0.1, 0.15) is 12.4 Å². The Morgan fingerprint density at radius 1 is 1.16 bits per heavy atom. The first kappa shape index (κ1) is 16.5. The van der Waals surface area contributed by atoms with Crippen molar-refractivity contribution in [2.45, 2.75) is 44.8 Å². The van der Waals surface area contributed by atoms with E-state index in [9.17, 15) is 0 Å². The van der Waals surface area contributed by atoms with Crippen LogP contribution >= 0.6 is 0 Å². The van der Waals surface area contributed by atoms with Crippen molar-refractivity contribution < 1.29 is 9.47 Å². The summed E-state index contributed by atoms with van der Waals surface area (Å²) in [6.07, 6.45) is 4.25. The highest BCUT2D eigenvalue weighted by molar-refractivity contribution is 5.34. The topological polar surface area (TPSA) is 74.1 Å². The van der Waals surface area contributed by atoms with Crippen LogP contribution in [0, 0.1) is 5.92 Å². The van der Waals surface area contributed by atoms with Crippen molar-refractivity contribution in [2.24, 2.45) is 5.92 Å². The van der Waals surface area contributed by atoms with Crippen molar-refractivity contribution in [3.8, 4) is 5.75 Å². The number of para-hydroxylation sites is 1. The summed E-state index contributed by atoms with van der Waals surface area (Å²) < 4.78 is 13.3. The Bertz CT molecular complexity index is 657. The summed E-state index contributed by atoms with van der Waals surface area (Å²) in [5.74, 6) is 2.51. The van der Waals surface area contributed by atoms with Crippen LogP contribution in [0.1, 0.15) is 30.7 Å². The summed E-state index contributed by atoms with van der Waals surface area (Å²) in [6.45, 7) is 3.92. The van der Waals surface area contributed by atoms with Gasteiger partial charge in [0.15, 0.2) is 5.82 Å². The van der Waals surface area contributed by atoms with Gasteiger partial charge < -0.3 is 14.8 Å². The first-order chi connectivity index (χ1) is 12.4. The van der Waals surface area contributed by atoms with Gasteiger partial charge in [0.2, 0.25) is 0 Å². The molecule has 2 aliphatic heterocycles. The van der Waals surface area contributed by atoms with E-state index in [0.29, 0.717) is 25.1 Å². The molecule has 2 aliphatic rings. The molecule has 1 saturated heterocycles. The van der Waals surface area contributed by atoms with E-state index in [-0.39, 0.29) is 0 Å². The predicted octanol–water partition coefficient (Wildman–Crippen LogP) is 1.58. The van der Waals surface area contributed by atoms with Crippen molar-refractivity contribution in [2.75, 3.05) is 19.8 Å². The standard InChI is InChI=1S/C18H25N5O2/c1-2-4-17-15(3-1)5-6-16(13-25-17)19-11-18-20-21-22-23(18)12-14-7-9-24-10-8-14/h1-4,14,16,19H,5-13H2. The average molecular weight is 343 g/mol. The van der Waals surface area contributed by atoms with Gasteiger partial charge in [-0.1, -0.05) is 18.2 Å². The number of ether oxygens (including phenoxy) is 2. The van der Waals surface area contributed by atoms with Crippen LogP contribution in [-0.4, -0.2) is 46.1 Å². The maximum atomic E-state index is 5.95. The molecule has 0 saturated carbocycles. The lowest BCUT2D eigenvalue weighted by atomic mass is 10.0. The minimum atomic E-state index is 0.306. The maximum Gasteiger partial charge on any atom is 0.165 e. The minimum Gasteiger partial charge on any atom is -0.492 e. The molecule has 3 heterocycles. The molecule has 0 spiro atoms. The molecule has 0 radical (unpaired) electrons. The average Bonchev–Trinajstić information content (AvgIpc) is 2.98. The maximum absolute atomic E-state index is 5.95. The van der Waals surface area contributed by atoms with Crippen LogP contribution in [-0.2, 0) is 24.2 Å². The molecule has 2 aromatic rings. The van der Waals surface area contributed by atoms with Crippen LogP contribution in [0.5, 0.6) is 5.75 Å². The molecule has 1 atom stereocenters. The van der Waals surface area contributed by atoms with E-state index in [0.717, 1.165) is 57.0 Å². The molecule has 0 aliphatic carbocycles. The van der Waals surface area contributed by atoms with Crippen molar-refractivity contribution in [3.63, 3.8) is 0 Å². The second kappa shape index (κ2) is 7.93. The number of benzene rings is 1. The number of nitrogens with zero attached hydrogens (tertiary/aromatic N) is 4. The van der Waals surface area contributed by atoms with Gasteiger partial charge in [-0.05, 0) is 53.7 Å². The highest BCUT2D eigenvalue weighted by atomic mass is 16.5. The summed E-state index contributed by atoms with van der Waals surface area (Å²) in [7, 11) is 0. The number of nitrogens with one attached hydrogen (secondary N) is 1. The largest absolute Gasteiger partial charge is 0.492 e. The second-order valence-corrected chi connectivity index (χ2v) is 6.87. The number of hydrogen-bond acceptors (Lipinski definition) is 6. The molecule has 7 heteroatoms. The zero-order chi connectivity index (χ0) is 16.9. The van der Waals surface area contributed by atoms with E-state index in [1.165, 1.54) is 5.56 Å². The number of rotatable bonds is 5. The van der Waals surface area contributed by atoms with Gasteiger partial charge in [0.05, 0.1) is 6.54 Å². The van der Waals surface area contributed by atoms with E-state index in [1.807, 2.05) is 16.8 Å². The van der Waals surface area contributed by atoms with Gasteiger partial charge in [-0.15, -0.1) is 5.10 Å². The lowest BCUT2D eigenvalue weighted by molar-refractivity contribution is 0.0596. The van der Waals surface area contributed by atoms with Gasteiger partial charge in [0, 0.05) is 25.8 Å². The molecule has 1 aromatic carbocycles. The smallest absolute Gasteiger partial charge is 0.165 e. The van der Waals surface area contributed by atoms with Crippen molar-refractivity contribution in [1.82, 2.24) is 25.5 Å². The van der Waals surface area contributed by atoms with Crippen molar-refractivity contribution in [1.29, 1.82) is 0 Å². The Hall–Kier alpha value is -1.99. The van der Waals surface area contributed by atoms with E-state index < -0.39 is 0 Å². The van der Waals surface area contributed by atoms with Gasteiger partial charge in [-0.2, -0.15) is 0 Å².